The van der Waals surface area contributed by atoms with E-state index in [1.807, 2.05) is 27.7 Å². The summed E-state index contributed by atoms with van der Waals surface area (Å²) >= 11 is 0. The number of amides is 1. The summed E-state index contributed by atoms with van der Waals surface area (Å²) in [5.41, 5.74) is 2.18. The second-order valence-corrected chi connectivity index (χ2v) is 6.04. The molecule has 1 N–H and O–H groups in total. The molecule has 1 amide bonds. The van der Waals surface area contributed by atoms with Gasteiger partial charge in [-0.15, -0.1) is 0 Å². The second-order valence-electron chi connectivity index (χ2n) is 6.04. The summed E-state index contributed by atoms with van der Waals surface area (Å²) in [4.78, 5) is 12.5. The Hall–Kier alpha value is -3.12. The van der Waals surface area contributed by atoms with Crippen LogP contribution in [0, 0.1) is 22.7 Å². The topological polar surface area (TPSA) is 94.5 Å². The summed E-state index contributed by atoms with van der Waals surface area (Å²) in [5, 5.41) is 25.8. The quantitative estimate of drug-likeness (QED) is 0.936. The highest BCUT2D eigenvalue weighted by Crippen LogP contribution is 2.27. The lowest BCUT2D eigenvalue weighted by atomic mass is 10.0. The van der Waals surface area contributed by atoms with Crippen molar-refractivity contribution in [2.45, 2.75) is 39.8 Å². The molecule has 24 heavy (non-hydrogen) atoms. The van der Waals surface area contributed by atoms with Crippen LogP contribution in [0.15, 0.2) is 24.3 Å². The molecule has 0 radical (unpaired) electrons. The van der Waals surface area contributed by atoms with Gasteiger partial charge in [0.1, 0.15) is 23.0 Å². The van der Waals surface area contributed by atoms with E-state index < -0.39 is 0 Å². The summed E-state index contributed by atoms with van der Waals surface area (Å²) in [5.74, 6) is -0.317. The third-order valence-electron chi connectivity index (χ3n) is 3.43. The van der Waals surface area contributed by atoms with Crippen molar-refractivity contribution in [2.75, 3.05) is 0 Å². The zero-order valence-corrected chi connectivity index (χ0v) is 14.2. The van der Waals surface area contributed by atoms with Gasteiger partial charge in [-0.25, -0.2) is 0 Å². The predicted molar refractivity (Wildman–Crippen MR) is 90.1 cm³/mol. The van der Waals surface area contributed by atoms with Gasteiger partial charge in [0, 0.05) is 17.6 Å². The fourth-order valence-corrected chi connectivity index (χ4v) is 2.37. The zero-order valence-electron chi connectivity index (χ0n) is 14.2. The highest BCUT2D eigenvalue weighted by Gasteiger charge is 2.26. The minimum atomic E-state index is -0.317. The van der Waals surface area contributed by atoms with E-state index in [0.29, 0.717) is 16.8 Å². The van der Waals surface area contributed by atoms with Crippen LogP contribution in [0.3, 0.4) is 0 Å². The van der Waals surface area contributed by atoms with E-state index in [0.717, 1.165) is 0 Å². The molecule has 6 nitrogen and oxygen atoms in total. The molecule has 0 bridgehead atoms. The number of benzene rings is 1. The summed E-state index contributed by atoms with van der Waals surface area (Å²) in [6.07, 6.45) is 0. The van der Waals surface area contributed by atoms with Crippen LogP contribution in [-0.4, -0.2) is 21.7 Å². The van der Waals surface area contributed by atoms with Gasteiger partial charge in [0.2, 0.25) is 0 Å². The van der Waals surface area contributed by atoms with Crippen LogP contribution in [0.4, 0.5) is 0 Å². The van der Waals surface area contributed by atoms with E-state index in [2.05, 4.69) is 22.6 Å². The van der Waals surface area contributed by atoms with E-state index in [9.17, 15) is 10.1 Å². The smallest absolute Gasteiger partial charge is 0.271 e. The molecule has 2 rings (SSSR count). The van der Waals surface area contributed by atoms with Crippen molar-refractivity contribution in [3.63, 3.8) is 0 Å². The van der Waals surface area contributed by atoms with Crippen LogP contribution < -0.4 is 5.32 Å². The molecule has 1 aromatic heterocycles. The van der Waals surface area contributed by atoms with E-state index in [-0.39, 0.29) is 29.2 Å². The van der Waals surface area contributed by atoms with Crippen LogP contribution in [0.25, 0.3) is 11.3 Å². The largest absolute Gasteiger partial charge is 0.348 e. The molecule has 1 heterocycles. The van der Waals surface area contributed by atoms with Gasteiger partial charge < -0.3 is 5.32 Å². The average Bonchev–Trinajstić information content (AvgIpc) is 2.94. The first-order valence-electron chi connectivity index (χ1n) is 7.73. The fourth-order valence-electron chi connectivity index (χ4n) is 2.37. The SMILES string of the molecule is CC(C)NC(=O)c1c(C#N)c(-c2ccc(C#N)cc2)nn1C(C)C. The maximum atomic E-state index is 12.5. The van der Waals surface area contributed by atoms with Gasteiger partial charge in [-0.2, -0.15) is 15.6 Å². The highest BCUT2D eigenvalue weighted by atomic mass is 16.2. The Morgan fingerprint density at radius 2 is 1.75 bits per heavy atom. The average molecular weight is 321 g/mol. The van der Waals surface area contributed by atoms with Crippen molar-refractivity contribution in [2.24, 2.45) is 0 Å². The lowest BCUT2D eigenvalue weighted by Gasteiger charge is -2.12. The summed E-state index contributed by atoms with van der Waals surface area (Å²) in [7, 11) is 0. The Morgan fingerprint density at radius 1 is 1.12 bits per heavy atom. The first kappa shape index (κ1) is 17.2. The number of aromatic nitrogens is 2. The Morgan fingerprint density at radius 3 is 2.21 bits per heavy atom. The maximum Gasteiger partial charge on any atom is 0.271 e. The molecule has 0 aliphatic carbocycles. The van der Waals surface area contributed by atoms with Crippen LogP contribution in [0.2, 0.25) is 0 Å². The minimum Gasteiger partial charge on any atom is -0.348 e. The minimum absolute atomic E-state index is 0.0436. The molecule has 122 valence electrons. The molecular weight excluding hydrogens is 302 g/mol. The molecule has 0 aliphatic heterocycles. The summed E-state index contributed by atoms with van der Waals surface area (Å²) < 4.78 is 1.57. The van der Waals surface area contributed by atoms with Crippen molar-refractivity contribution in [1.29, 1.82) is 10.5 Å². The second kappa shape index (κ2) is 6.97. The molecule has 1 aromatic carbocycles. The number of nitrogens with zero attached hydrogens (tertiary/aromatic N) is 4. The first-order valence-corrected chi connectivity index (χ1v) is 7.73. The van der Waals surface area contributed by atoms with E-state index in [1.165, 1.54) is 0 Å². The number of hydrogen-bond donors (Lipinski definition) is 1. The Labute approximate surface area is 141 Å². The fraction of sp³-hybridized carbons (Fsp3) is 0.333. The number of carbonyl (C=O) groups is 1. The molecule has 0 aliphatic rings. The van der Waals surface area contributed by atoms with Crippen LogP contribution in [0.5, 0.6) is 0 Å². The third kappa shape index (κ3) is 3.28. The molecule has 0 atom stereocenters. The Bertz CT molecular complexity index is 832. The van der Waals surface area contributed by atoms with Gasteiger partial charge in [0.15, 0.2) is 0 Å². The molecular formula is C18H19N5O. The highest BCUT2D eigenvalue weighted by molar-refractivity contribution is 5.97. The van der Waals surface area contributed by atoms with E-state index >= 15 is 0 Å². The van der Waals surface area contributed by atoms with Crippen molar-refractivity contribution in [3.8, 4) is 23.4 Å². The third-order valence-corrected chi connectivity index (χ3v) is 3.43. The van der Waals surface area contributed by atoms with Crippen molar-refractivity contribution in [3.05, 3.63) is 41.1 Å². The summed E-state index contributed by atoms with van der Waals surface area (Å²) in [6, 6.07) is 10.8. The van der Waals surface area contributed by atoms with Gasteiger partial charge in [0.25, 0.3) is 5.91 Å². The van der Waals surface area contributed by atoms with E-state index in [1.54, 1.807) is 28.9 Å². The molecule has 0 fully saturated rings. The Kier molecular flexibility index (Phi) is 5.01. The van der Waals surface area contributed by atoms with Gasteiger partial charge in [-0.1, -0.05) is 12.1 Å². The number of carbonyl (C=O) groups excluding carboxylic acids is 1. The maximum absolute atomic E-state index is 12.5. The number of nitriles is 2. The van der Waals surface area contributed by atoms with Crippen LogP contribution >= 0.6 is 0 Å². The van der Waals surface area contributed by atoms with Gasteiger partial charge >= 0.3 is 0 Å². The van der Waals surface area contributed by atoms with Crippen LogP contribution in [0.1, 0.15) is 55.4 Å². The molecule has 0 saturated carbocycles. The van der Waals surface area contributed by atoms with Crippen molar-refractivity contribution < 1.29 is 4.79 Å². The Balaban J connectivity index is 2.63. The number of rotatable bonds is 4. The van der Waals surface area contributed by atoms with Crippen molar-refractivity contribution >= 4 is 5.91 Å². The van der Waals surface area contributed by atoms with Gasteiger partial charge in [0.05, 0.1) is 11.6 Å². The lowest BCUT2D eigenvalue weighted by molar-refractivity contribution is 0.0930. The zero-order chi connectivity index (χ0) is 17.9. The predicted octanol–water partition coefficient (Wildman–Crippen LogP) is 3.01. The van der Waals surface area contributed by atoms with E-state index in [4.69, 9.17) is 5.26 Å². The summed E-state index contributed by atoms with van der Waals surface area (Å²) in [6.45, 7) is 7.54. The lowest BCUT2D eigenvalue weighted by Crippen LogP contribution is -2.32. The normalized spacial score (nSPS) is 10.5. The van der Waals surface area contributed by atoms with Crippen molar-refractivity contribution in [1.82, 2.24) is 15.1 Å². The molecule has 0 unspecified atom stereocenters. The number of nitrogens with one attached hydrogen (secondary N) is 1. The molecule has 0 saturated heterocycles. The van der Waals surface area contributed by atoms with Gasteiger partial charge in [-0.3, -0.25) is 9.48 Å². The number of hydrogen-bond acceptors (Lipinski definition) is 4. The standard InChI is InChI=1S/C18H19N5O/c1-11(2)21-18(24)17-15(10-20)16(22-23(17)12(3)4)14-7-5-13(9-19)6-8-14/h5-8,11-12H,1-4H3,(H,21,24). The molecule has 2 aromatic rings. The first-order chi connectivity index (χ1) is 11.4. The monoisotopic (exact) mass is 321 g/mol. The molecule has 0 spiro atoms. The van der Waals surface area contributed by atoms with Gasteiger partial charge in [-0.05, 0) is 39.8 Å². The van der Waals surface area contributed by atoms with Crippen LogP contribution in [-0.2, 0) is 0 Å². The molecule has 6 heteroatoms.